The first-order chi connectivity index (χ1) is 18.7. The predicted molar refractivity (Wildman–Crippen MR) is 147 cm³/mol. The Morgan fingerprint density at radius 3 is 2.18 bits per heavy atom. The second-order valence-electron chi connectivity index (χ2n) is 10.3. The summed E-state index contributed by atoms with van der Waals surface area (Å²) in [6.45, 7) is 0.848. The van der Waals surface area contributed by atoms with Crippen molar-refractivity contribution in [2.45, 2.75) is 69.1 Å². The zero-order chi connectivity index (χ0) is 27.9. The molecule has 4 N–H and O–H groups in total. The molecule has 0 saturated carbocycles. The van der Waals surface area contributed by atoms with Gasteiger partial charge in [0.2, 0.25) is 17.7 Å². The molecule has 2 heterocycles. The molecule has 0 bridgehead atoms. The normalized spacial score (nSPS) is 20.5. The maximum atomic E-state index is 13.7. The summed E-state index contributed by atoms with van der Waals surface area (Å²) in [5.74, 6) is -1.91. The van der Waals surface area contributed by atoms with Crippen molar-refractivity contribution in [3.8, 4) is 0 Å². The summed E-state index contributed by atoms with van der Waals surface area (Å²) in [4.78, 5) is 54.8. The Kier molecular flexibility index (Phi) is 9.59. The Morgan fingerprint density at radius 1 is 0.897 bits per heavy atom. The third-order valence-electron chi connectivity index (χ3n) is 7.44. The molecule has 4 atom stereocenters. The van der Waals surface area contributed by atoms with Gasteiger partial charge in [0.1, 0.15) is 12.1 Å². The van der Waals surface area contributed by atoms with Crippen molar-refractivity contribution in [2.24, 2.45) is 5.73 Å². The molecule has 4 unspecified atom stereocenters. The third-order valence-corrected chi connectivity index (χ3v) is 7.69. The van der Waals surface area contributed by atoms with Crippen LogP contribution in [-0.4, -0.2) is 75.9 Å². The number of hydrogen-bond acceptors (Lipinski definition) is 5. The second kappa shape index (κ2) is 13.1. The lowest BCUT2D eigenvalue weighted by molar-refractivity contribution is -0.147. The zero-order valence-corrected chi connectivity index (χ0v) is 22.6. The van der Waals surface area contributed by atoms with Crippen molar-refractivity contribution >= 4 is 35.3 Å². The summed E-state index contributed by atoms with van der Waals surface area (Å²) >= 11 is 5.95. The van der Waals surface area contributed by atoms with Crippen molar-refractivity contribution in [3.63, 3.8) is 0 Å². The van der Waals surface area contributed by atoms with Gasteiger partial charge in [-0.05, 0) is 61.8 Å². The van der Waals surface area contributed by atoms with Gasteiger partial charge >= 0.3 is 5.97 Å². The maximum Gasteiger partial charge on any atom is 0.305 e. The van der Waals surface area contributed by atoms with Gasteiger partial charge in [0.05, 0.1) is 12.5 Å². The van der Waals surface area contributed by atoms with Crippen LogP contribution in [-0.2, 0) is 32.0 Å². The van der Waals surface area contributed by atoms with Crippen LogP contribution in [0.3, 0.4) is 0 Å². The molecule has 2 aromatic carbocycles. The van der Waals surface area contributed by atoms with E-state index >= 15 is 0 Å². The number of amides is 3. The van der Waals surface area contributed by atoms with Gasteiger partial charge in [-0.1, -0.05) is 54.1 Å². The number of halogens is 1. The number of nitrogens with zero attached hydrogens (tertiary/aromatic N) is 2. The van der Waals surface area contributed by atoms with E-state index in [4.69, 9.17) is 17.3 Å². The molecule has 0 aromatic heterocycles. The van der Waals surface area contributed by atoms with E-state index in [0.29, 0.717) is 56.6 Å². The smallest absolute Gasteiger partial charge is 0.305 e. The number of aliphatic carboxylic acids is 1. The standard InChI is InChI=1S/C29H35ClN4O5/c30-21-12-10-20(11-13-21)17-23(31)28(38)34-15-5-9-25(34)29(39)33-14-4-8-24(33)27(37)32-22(18-26(35)36)16-19-6-2-1-3-7-19/h1-3,6-7,10-13,22-25H,4-5,8-9,14-18,31H2,(H,32,37)(H,35,36). The molecule has 2 aromatic rings. The molecule has 4 rings (SSSR count). The highest BCUT2D eigenvalue weighted by atomic mass is 35.5. The Hall–Kier alpha value is -3.43. The molecule has 10 heteroatoms. The van der Waals surface area contributed by atoms with Crippen LogP contribution in [0.15, 0.2) is 54.6 Å². The fourth-order valence-corrected chi connectivity index (χ4v) is 5.66. The first-order valence-electron chi connectivity index (χ1n) is 13.4. The molecular formula is C29H35ClN4O5. The molecule has 39 heavy (non-hydrogen) atoms. The lowest BCUT2D eigenvalue weighted by atomic mass is 10.0. The van der Waals surface area contributed by atoms with Gasteiger partial charge in [0.25, 0.3) is 0 Å². The van der Waals surface area contributed by atoms with E-state index in [-0.39, 0.29) is 24.1 Å². The number of nitrogens with two attached hydrogens (primary N) is 1. The molecule has 0 radical (unpaired) electrons. The molecule has 2 fully saturated rings. The maximum absolute atomic E-state index is 13.7. The summed E-state index contributed by atoms with van der Waals surface area (Å²) in [6, 6.07) is 13.7. The number of carboxylic acids is 1. The Morgan fingerprint density at radius 2 is 1.51 bits per heavy atom. The summed E-state index contributed by atoms with van der Waals surface area (Å²) < 4.78 is 0. The first kappa shape index (κ1) is 28.6. The summed E-state index contributed by atoms with van der Waals surface area (Å²) in [5, 5.41) is 12.9. The molecular weight excluding hydrogens is 520 g/mol. The summed E-state index contributed by atoms with van der Waals surface area (Å²) in [5.41, 5.74) is 8.05. The number of hydrogen-bond donors (Lipinski definition) is 3. The molecule has 0 aliphatic carbocycles. The SMILES string of the molecule is NC(Cc1ccc(Cl)cc1)C(=O)N1CCCC1C(=O)N1CCCC1C(=O)NC(CC(=O)O)Cc1ccccc1. The van der Waals surface area contributed by atoms with Crippen LogP contribution in [0.5, 0.6) is 0 Å². The summed E-state index contributed by atoms with van der Waals surface area (Å²) in [7, 11) is 0. The number of nitrogens with one attached hydrogen (secondary N) is 1. The second-order valence-corrected chi connectivity index (χ2v) is 10.7. The minimum atomic E-state index is -1.01. The molecule has 9 nitrogen and oxygen atoms in total. The number of benzene rings is 2. The van der Waals surface area contributed by atoms with Gasteiger partial charge in [-0.25, -0.2) is 0 Å². The monoisotopic (exact) mass is 554 g/mol. The van der Waals surface area contributed by atoms with E-state index in [0.717, 1.165) is 11.1 Å². The van der Waals surface area contributed by atoms with Gasteiger partial charge in [-0.3, -0.25) is 19.2 Å². The fourth-order valence-electron chi connectivity index (χ4n) is 5.54. The van der Waals surface area contributed by atoms with Crippen molar-refractivity contribution < 1.29 is 24.3 Å². The Bertz CT molecular complexity index is 1180. The van der Waals surface area contributed by atoms with Crippen LogP contribution in [0.1, 0.15) is 43.2 Å². The number of carbonyl (C=O) groups is 4. The number of carboxylic acid groups (broad SMARTS) is 1. The molecule has 2 saturated heterocycles. The van der Waals surface area contributed by atoms with Gasteiger partial charge < -0.3 is 26.0 Å². The van der Waals surface area contributed by atoms with Crippen molar-refractivity contribution in [1.82, 2.24) is 15.1 Å². The van der Waals surface area contributed by atoms with Crippen LogP contribution in [0, 0.1) is 0 Å². The van der Waals surface area contributed by atoms with Gasteiger partial charge in [0, 0.05) is 24.2 Å². The average molecular weight is 555 g/mol. The van der Waals surface area contributed by atoms with E-state index in [1.165, 1.54) is 0 Å². The number of likely N-dealkylation sites (tertiary alicyclic amines) is 2. The van der Waals surface area contributed by atoms with E-state index in [9.17, 15) is 24.3 Å². The van der Waals surface area contributed by atoms with Crippen LogP contribution in [0.25, 0.3) is 0 Å². The molecule has 3 amide bonds. The van der Waals surface area contributed by atoms with Crippen LogP contribution >= 0.6 is 11.6 Å². The Labute approximate surface area is 233 Å². The first-order valence-corrected chi connectivity index (χ1v) is 13.8. The minimum absolute atomic E-state index is 0.224. The summed E-state index contributed by atoms with van der Waals surface area (Å²) in [6.07, 6.45) is 2.81. The lowest BCUT2D eigenvalue weighted by Gasteiger charge is -2.32. The van der Waals surface area contributed by atoms with E-state index < -0.39 is 30.1 Å². The van der Waals surface area contributed by atoms with Gasteiger partial charge in [-0.15, -0.1) is 0 Å². The van der Waals surface area contributed by atoms with E-state index in [1.807, 2.05) is 42.5 Å². The predicted octanol–water partition coefficient (Wildman–Crippen LogP) is 2.39. The molecule has 208 valence electrons. The Balaban J connectivity index is 1.40. The largest absolute Gasteiger partial charge is 0.481 e. The molecule has 2 aliphatic rings. The molecule has 0 spiro atoms. The lowest BCUT2D eigenvalue weighted by Crippen LogP contribution is -2.56. The van der Waals surface area contributed by atoms with E-state index in [1.54, 1.807) is 21.9 Å². The quantitative estimate of drug-likeness (QED) is 0.413. The van der Waals surface area contributed by atoms with Crippen molar-refractivity contribution in [1.29, 1.82) is 0 Å². The van der Waals surface area contributed by atoms with Crippen LogP contribution in [0.4, 0.5) is 0 Å². The number of rotatable bonds is 10. The van der Waals surface area contributed by atoms with Crippen molar-refractivity contribution in [2.75, 3.05) is 13.1 Å². The fraction of sp³-hybridized carbons (Fsp3) is 0.448. The number of carbonyl (C=O) groups excluding carboxylic acids is 3. The van der Waals surface area contributed by atoms with Crippen LogP contribution < -0.4 is 11.1 Å². The van der Waals surface area contributed by atoms with Crippen molar-refractivity contribution in [3.05, 3.63) is 70.7 Å². The average Bonchev–Trinajstić information content (AvgIpc) is 3.60. The third kappa shape index (κ3) is 7.36. The highest BCUT2D eigenvalue weighted by Gasteiger charge is 2.43. The zero-order valence-electron chi connectivity index (χ0n) is 21.8. The molecule has 2 aliphatic heterocycles. The topological polar surface area (TPSA) is 133 Å². The highest BCUT2D eigenvalue weighted by Crippen LogP contribution is 2.26. The van der Waals surface area contributed by atoms with E-state index in [2.05, 4.69) is 5.32 Å². The highest BCUT2D eigenvalue weighted by molar-refractivity contribution is 6.30. The van der Waals surface area contributed by atoms with Gasteiger partial charge in [0.15, 0.2) is 0 Å². The van der Waals surface area contributed by atoms with Gasteiger partial charge in [-0.2, -0.15) is 0 Å². The minimum Gasteiger partial charge on any atom is -0.481 e. The van der Waals surface area contributed by atoms with Crippen LogP contribution in [0.2, 0.25) is 5.02 Å².